The van der Waals surface area contributed by atoms with Gasteiger partial charge >= 0.3 is 0 Å². The summed E-state index contributed by atoms with van der Waals surface area (Å²) in [6.07, 6.45) is 6.45. The molecule has 0 bridgehead atoms. The largest absolute Gasteiger partial charge is 0.493 e. The number of rotatable bonds is 5. The fourth-order valence-electron chi connectivity index (χ4n) is 4.03. The van der Waals surface area contributed by atoms with Crippen molar-refractivity contribution >= 4 is 11.6 Å². The van der Waals surface area contributed by atoms with Gasteiger partial charge in [0.25, 0.3) is 0 Å². The van der Waals surface area contributed by atoms with Gasteiger partial charge in [-0.05, 0) is 73.9 Å². The van der Waals surface area contributed by atoms with Crippen LogP contribution >= 0.6 is 0 Å². The fourth-order valence-corrected chi connectivity index (χ4v) is 4.03. The van der Waals surface area contributed by atoms with Crippen molar-refractivity contribution in [1.29, 1.82) is 0 Å². The third-order valence-electron chi connectivity index (χ3n) is 5.54. The standard InChI is InChI=1S/C23H26NO3/c1-16-9-10-17(14-20(16)24-13-5-8-23(24)25)18-11-12-21(26-2)22(15-18)27-19-6-3-4-7-19/h9-12,14-15,19H,1,3-8,13H2,2H3. The smallest absolute Gasteiger partial charge is 0.227 e. The van der Waals surface area contributed by atoms with Gasteiger partial charge in [0.1, 0.15) is 0 Å². The lowest BCUT2D eigenvalue weighted by Crippen LogP contribution is -2.24. The molecule has 27 heavy (non-hydrogen) atoms. The molecule has 141 valence electrons. The monoisotopic (exact) mass is 364 g/mol. The molecule has 2 fully saturated rings. The lowest BCUT2D eigenvalue weighted by atomic mass is 10.0. The number of methoxy groups -OCH3 is 1. The van der Waals surface area contributed by atoms with Crippen LogP contribution in [0.4, 0.5) is 5.69 Å². The average molecular weight is 364 g/mol. The van der Waals surface area contributed by atoms with Crippen molar-refractivity contribution in [2.45, 2.75) is 44.6 Å². The average Bonchev–Trinajstić information content (AvgIpc) is 3.34. The summed E-state index contributed by atoms with van der Waals surface area (Å²) < 4.78 is 11.7. The number of carbonyl (C=O) groups excluding carboxylic acids is 1. The van der Waals surface area contributed by atoms with Crippen molar-refractivity contribution in [2.75, 3.05) is 18.6 Å². The Labute approximate surface area is 161 Å². The first-order chi connectivity index (χ1) is 13.2. The van der Waals surface area contributed by atoms with Crippen molar-refractivity contribution in [3.63, 3.8) is 0 Å². The third kappa shape index (κ3) is 3.66. The number of ether oxygens (including phenoxy) is 2. The highest BCUT2D eigenvalue weighted by molar-refractivity contribution is 5.97. The molecular formula is C23H26NO3. The first kappa shape index (κ1) is 17.9. The number of carbonyl (C=O) groups is 1. The maximum atomic E-state index is 12.2. The highest BCUT2D eigenvalue weighted by Crippen LogP contribution is 2.37. The summed E-state index contributed by atoms with van der Waals surface area (Å²) in [4.78, 5) is 14.0. The fraction of sp³-hybridized carbons (Fsp3) is 0.391. The van der Waals surface area contributed by atoms with Gasteiger partial charge in [-0.3, -0.25) is 4.79 Å². The Hall–Kier alpha value is -2.49. The minimum Gasteiger partial charge on any atom is -0.493 e. The molecule has 4 heteroatoms. The lowest BCUT2D eigenvalue weighted by Gasteiger charge is -2.20. The zero-order valence-corrected chi connectivity index (χ0v) is 15.9. The second-order valence-corrected chi connectivity index (χ2v) is 7.38. The number of benzene rings is 2. The zero-order valence-electron chi connectivity index (χ0n) is 15.9. The predicted octanol–water partition coefficient (Wildman–Crippen LogP) is 4.99. The topological polar surface area (TPSA) is 38.8 Å². The summed E-state index contributed by atoms with van der Waals surface area (Å²) in [6.45, 7) is 4.88. The minimum absolute atomic E-state index is 0.178. The Kier molecular flexibility index (Phi) is 5.06. The summed E-state index contributed by atoms with van der Waals surface area (Å²) in [5, 5.41) is 0. The molecule has 0 aromatic heterocycles. The van der Waals surface area contributed by atoms with E-state index in [9.17, 15) is 4.79 Å². The second kappa shape index (κ2) is 7.63. The predicted molar refractivity (Wildman–Crippen MR) is 107 cm³/mol. The third-order valence-corrected chi connectivity index (χ3v) is 5.54. The van der Waals surface area contributed by atoms with Crippen LogP contribution in [0.1, 0.15) is 44.1 Å². The minimum atomic E-state index is 0.178. The van der Waals surface area contributed by atoms with Gasteiger partial charge in [-0.2, -0.15) is 0 Å². The van der Waals surface area contributed by atoms with Crippen LogP contribution in [0.25, 0.3) is 11.1 Å². The Balaban J connectivity index is 1.67. The lowest BCUT2D eigenvalue weighted by molar-refractivity contribution is -0.117. The Bertz CT molecular complexity index is 840. The molecule has 1 amide bonds. The van der Waals surface area contributed by atoms with Crippen LogP contribution in [-0.4, -0.2) is 25.7 Å². The van der Waals surface area contributed by atoms with E-state index >= 15 is 0 Å². The Morgan fingerprint density at radius 1 is 1.00 bits per heavy atom. The van der Waals surface area contributed by atoms with Gasteiger partial charge in [0.05, 0.1) is 13.2 Å². The normalized spacial score (nSPS) is 17.6. The van der Waals surface area contributed by atoms with E-state index in [1.165, 1.54) is 12.8 Å². The molecule has 2 aromatic carbocycles. The maximum Gasteiger partial charge on any atom is 0.227 e. The van der Waals surface area contributed by atoms with E-state index in [1.807, 2.05) is 35.2 Å². The van der Waals surface area contributed by atoms with Gasteiger partial charge in [0.2, 0.25) is 5.91 Å². The van der Waals surface area contributed by atoms with Crippen LogP contribution in [0, 0.1) is 6.92 Å². The van der Waals surface area contributed by atoms with Crippen LogP contribution in [0.2, 0.25) is 0 Å². The number of hydrogen-bond acceptors (Lipinski definition) is 3. The van der Waals surface area contributed by atoms with Crippen LogP contribution in [0.5, 0.6) is 11.5 Å². The van der Waals surface area contributed by atoms with Crippen LogP contribution in [-0.2, 0) is 4.79 Å². The van der Waals surface area contributed by atoms with E-state index < -0.39 is 0 Å². The van der Waals surface area contributed by atoms with E-state index in [0.29, 0.717) is 6.42 Å². The van der Waals surface area contributed by atoms with E-state index in [1.54, 1.807) is 7.11 Å². The molecule has 0 N–H and O–H groups in total. The Morgan fingerprint density at radius 2 is 1.74 bits per heavy atom. The molecule has 1 radical (unpaired) electrons. The SMILES string of the molecule is [CH2]c1ccc(-c2ccc(OC)c(OC3CCCC3)c2)cc1N1CCCC1=O. The number of amides is 1. The van der Waals surface area contributed by atoms with E-state index in [-0.39, 0.29) is 12.0 Å². The van der Waals surface area contributed by atoms with Crippen LogP contribution in [0.3, 0.4) is 0 Å². The van der Waals surface area contributed by atoms with Crippen LogP contribution < -0.4 is 14.4 Å². The van der Waals surface area contributed by atoms with Gasteiger partial charge in [-0.1, -0.05) is 18.2 Å². The van der Waals surface area contributed by atoms with Crippen molar-refractivity contribution in [1.82, 2.24) is 0 Å². The molecule has 1 aliphatic heterocycles. The van der Waals surface area contributed by atoms with Crippen molar-refractivity contribution in [2.24, 2.45) is 0 Å². The summed E-state index contributed by atoms with van der Waals surface area (Å²) in [7, 11) is 1.67. The quantitative estimate of drug-likeness (QED) is 0.750. The molecule has 4 nitrogen and oxygen atoms in total. The molecule has 0 spiro atoms. The van der Waals surface area contributed by atoms with Gasteiger partial charge < -0.3 is 14.4 Å². The van der Waals surface area contributed by atoms with Gasteiger partial charge in [0, 0.05) is 18.7 Å². The molecule has 0 atom stereocenters. The van der Waals surface area contributed by atoms with Crippen molar-refractivity contribution in [3.8, 4) is 22.6 Å². The summed E-state index contributed by atoms with van der Waals surface area (Å²) in [5.41, 5.74) is 3.89. The summed E-state index contributed by atoms with van der Waals surface area (Å²) in [5.74, 6) is 1.73. The molecule has 0 unspecified atom stereocenters. The molecule has 1 heterocycles. The highest BCUT2D eigenvalue weighted by atomic mass is 16.5. The molecule has 1 saturated carbocycles. The molecule has 4 rings (SSSR count). The van der Waals surface area contributed by atoms with E-state index in [0.717, 1.165) is 59.7 Å². The van der Waals surface area contributed by atoms with E-state index in [2.05, 4.69) is 13.0 Å². The first-order valence-corrected chi connectivity index (χ1v) is 9.77. The van der Waals surface area contributed by atoms with Crippen molar-refractivity contribution in [3.05, 3.63) is 48.9 Å². The van der Waals surface area contributed by atoms with Crippen molar-refractivity contribution < 1.29 is 14.3 Å². The maximum absolute atomic E-state index is 12.2. The van der Waals surface area contributed by atoms with E-state index in [4.69, 9.17) is 9.47 Å². The number of nitrogens with zero attached hydrogens (tertiary/aromatic N) is 1. The number of anilines is 1. The summed E-state index contributed by atoms with van der Waals surface area (Å²) >= 11 is 0. The molecular weight excluding hydrogens is 338 g/mol. The van der Waals surface area contributed by atoms with Gasteiger partial charge in [-0.25, -0.2) is 0 Å². The molecule has 1 aliphatic carbocycles. The summed E-state index contributed by atoms with van der Waals surface area (Å²) in [6, 6.07) is 12.1. The zero-order chi connectivity index (χ0) is 18.8. The van der Waals surface area contributed by atoms with Crippen LogP contribution in [0.15, 0.2) is 36.4 Å². The first-order valence-electron chi connectivity index (χ1n) is 9.77. The molecule has 2 aromatic rings. The number of hydrogen-bond donors (Lipinski definition) is 0. The molecule has 2 aliphatic rings. The second-order valence-electron chi connectivity index (χ2n) is 7.38. The Morgan fingerprint density at radius 3 is 2.44 bits per heavy atom. The highest BCUT2D eigenvalue weighted by Gasteiger charge is 2.24. The van der Waals surface area contributed by atoms with Gasteiger partial charge in [0.15, 0.2) is 11.5 Å². The molecule has 1 saturated heterocycles. The van der Waals surface area contributed by atoms with Gasteiger partial charge in [-0.15, -0.1) is 0 Å².